The first-order chi connectivity index (χ1) is 41.6. The summed E-state index contributed by atoms with van der Waals surface area (Å²) in [5, 5.41) is 23.8. The third kappa shape index (κ3) is 11.2. The molecule has 0 atom stereocenters. The molecular formula is C79H91N2O4+. The monoisotopic (exact) mass is 1130 g/mol. The van der Waals surface area contributed by atoms with Crippen molar-refractivity contribution in [2.24, 2.45) is 0 Å². The van der Waals surface area contributed by atoms with E-state index in [0.29, 0.717) is 17.3 Å². The topological polar surface area (TPSA) is 82.5 Å². The summed E-state index contributed by atoms with van der Waals surface area (Å²) >= 11 is 0. The highest BCUT2D eigenvalue weighted by Gasteiger charge is 2.45. The summed E-state index contributed by atoms with van der Waals surface area (Å²) in [6.45, 7) is 12.2. The second-order valence-corrected chi connectivity index (χ2v) is 25.2. The molecule has 0 aliphatic heterocycles. The number of nitrogens with zero attached hydrogens (tertiary/aromatic N) is 2. The summed E-state index contributed by atoms with van der Waals surface area (Å²) in [6.07, 6.45) is 38.3. The summed E-state index contributed by atoms with van der Waals surface area (Å²) in [7, 11) is 0. The Bertz CT molecular complexity index is 3890. The SMILES string of the molecule is CCCCCCn1c(C=c2c(=O)c(=C3C=CC(=[N+](c4ccc5c(c4)C(CCCCCC)(CCCCCC)c4ccccc4-5)c4ccc5c(c4)C(CCCCCC)(CCCCCC)c4ccccc4-5)C=C3)c2=O)c2ccc(=C(O)O)c3cccc1c23. The van der Waals surface area contributed by atoms with E-state index in [9.17, 15) is 19.8 Å². The number of hydrogen-bond acceptors (Lipinski definition) is 4. The standard InChI is InChI=1S/C79H90N2O4/c1-6-11-16-25-47-78(48-26-17-12-7-2)67-34-23-21-31-59(67)61-43-41-57(52-69(61)78)81(58-42-44-62-60-32-22-24-35-68(60)79(70(62)53-58,49-27-18-13-8-3)50-28-19-14-9-4)56-39-37-55(38-40-56)73-75(82)66(76(73)83)54-72-65-46-45-64(77(84)85)63-33-30-36-71(74(63)65)80(72)51-29-20-15-10-5/h21-24,30-46,52-54H,6-20,25-29,47-51H2,1-5H3,(H-,82,83,84,85)/p+1. The summed E-state index contributed by atoms with van der Waals surface area (Å²) in [5.74, 6) is -0.731. The van der Waals surface area contributed by atoms with Crippen LogP contribution in [0.4, 0.5) is 11.4 Å². The smallest absolute Gasteiger partial charge is 0.282 e. The molecule has 440 valence electrons. The van der Waals surface area contributed by atoms with Crippen LogP contribution >= 0.6 is 0 Å². The zero-order chi connectivity index (χ0) is 59.1. The van der Waals surface area contributed by atoms with Crippen molar-refractivity contribution < 1.29 is 10.2 Å². The van der Waals surface area contributed by atoms with Gasteiger partial charge in [0.2, 0.25) is 27.9 Å². The number of hydrogen-bond donors (Lipinski definition) is 2. The number of allylic oxidation sites excluding steroid dienone is 4. The molecule has 0 radical (unpaired) electrons. The van der Waals surface area contributed by atoms with Gasteiger partial charge in [-0.05, 0) is 130 Å². The van der Waals surface area contributed by atoms with Crippen molar-refractivity contribution in [3.8, 4) is 22.3 Å². The van der Waals surface area contributed by atoms with Crippen LogP contribution in [-0.4, -0.2) is 20.5 Å². The van der Waals surface area contributed by atoms with Gasteiger partial charge in [-0.1, -0.05) is 223 Å². The van der Waals surface area contributed by atoms with Crippen molar-refractivity contribution in [2.75, 3.05) is 0 Å². The van der Waals surface area contributed by atoms with Gasteiger partial charge < -0.3 is 14.8 Å². The van der Waals surface area contributed by atoms with Gasteiger partial charge in [-0.2, -0.15) is 4.58 Å². The van der Waals surface area contributed by atoms with Crippen molar-refractivity contribution in [3.63, 3.8) is 0 Å². The predicted octanol–water partition coefficient (Wildman–Crippen LogP) is 18.4. The molecule has 85 heavy (non-hydrogen) atoms. The molecule has 1 heterocycles. The van der Waals surface area contributed by atoms with Crippen molar-refractivity contribution in [2.45, 2.75) is 206 Å². The van der Waals surface area contributed by atoms with Crippen LogP contribution in [0, 0.1) is 0 Å². The molecule has 0 spiro atoms. The Balaban J connectivity index is 1.08. The highest BCUT2D eigenvalue weighted by molar-refractivity contribution is 6.13. The number of aryl methyl sites for hydroxylation is 1. The summed E-state index contributed by atoms with van der Waals surface area (Å²) in [5.41, 5.74) is 16.2. The molecule has 0 bridgehead atoms. The first-order valence-electron chi connectivity index (χ1n) is 33.2. The second kappa shape index (κ2) is 26.5. The van der Waals surface area contributed by atoms with Crippen molar-refractivity contribution in [1.82, 2.24) is 9.14 Å². The number of rotatable bonds is 28. The average molecular weight is 1130 g/mol. The fourth-order valence-electron chi connectivity index (χ4n) is 15.5. The normalized spacial score (nSPS) is 14.4. The highest BCUT2D eigenvalue weighted by atomic mass is 16.5. The number of fused-ring (bicyclic) bond motifs is 6. The van der Waals surface area contributed by atoms with Gasteiger partial charge in [0.25, 0.3) is 5.95 Å². The summed E-state index contributed by atoms with van der Waals surface area (Å²) in [4.78, 5) is 29.2. The molecule has 6 nitrogen and oxygen atoms in total. The fraction of sp³-hybridized carbons (Fsp3) is 0.405. The van der Waals surface area contributed by atoms with Crippen LogP contribution < -0.4 is 31.1 Å². The van der Waals surface area contributed by atoms with Gasteiger partial charge >= 0.3 is 0 Å². The molecule has 0 fully saturated rings. The van der Waals surface area contributed by atoms with Crippen molar-refractivity contribution in [1.29, 1.82) is 0 Å². The Morgan fingerprint density at radius 3 is 1.42 bits per heavy atom. The Morgan fingerprint density at radius 2 is 0.941 bits per heavy atom. The van der Waals surface area contributed by atoms with Crippen LogP contribution in [0.2, 0.25) is 0 Å². The van der Waals surface area contributed by atoms with Crippen LogP contribution in [0.3, 0.4) is 0 Å². The van der Waals surface area contributed by atoms with Crippen LogP contribution in [0.5, 0.6) is 0 Å². The molecule has 0 saturated carbocycles. The van der Waals surface area contributed by atoms with Crippen molar-refractivity contribution in [3.05, 3.63) is 204 Å². The van der Waals surface area contributed by atoms with Gasteiger partial charge in [0.15, 0.2) is 0 Å². The van der Waals surface area contributed by atoms with Crippen LogP contribution in [0.25, 0.3) is 61.5 Å². The molecule has 6 heteroatoms. The molecule has 2 N–H and O–H groups in total. The first kappa shape index (κ1) is 59.4. The lowest BCUT2D eigenvalue weighted by atomic mass is 9.70. The van der Waals surface area contributed by atoms with Crippen LogP contribution in [-0.2, 0) is 17.4 Å². The van der Waals surface area contributed by atoms with Gasteiger partial charge in [-0.25, -0.2) is 0 Å². The third-order valence-corrected chi connectivity index (χ3v) is 19.8. The largest absolute Gasteiger partial charge is 0.481 e. The number of aromatic nitrogens is 1. The number of unbranched alkanes of at least 4 members (excludes halogenated alkanes) is 15. The predicted molar refractivity (Wildman–Crippen MR) is 360 cm³/mol. The van der Waals surface area contributed by atoms with E-state index in [0.717, 1.165) is 95.8 Å². The third-order valence-electron chi connectivity index (χ3n) is 19.8. The molecule has 3 aliphatic carbocycles. The Hall–Kier alpha value is -7.31. The maximum Gasteiger partial charge on any atom is 0.282 e. The zero-order valence-electron chi connectivity index (χ0n) is 51.6. The molecule has 8 aromatic rings. The summed E-state index contributed by atoms with van der Waals surface area (Å²) < 4.78 is 4.68. The molecule has 0 amide bonds. The quantitative estimate of drug-likeness (QED) is 0.0378. The molecule has 7 aromatic carbocycles. The molecular weight excluding hydrogens is 1040 g/mol. The number of aliphatic hydroxyl groups excluding tert-OH is 1. The van der Waals surface area contributed by atoms with E-state index in [2.05, 4.69) is 141 Å². The van der Waals surface area contributed by atoms with E-state index in [1.165, 1.54) is 147 Å². The molecule has 11 rings (SSSR count). The average Bonchev–Trinajstić information content (AvgIpc) is 1.76. The molecule has 0 unspecified atom stereocenters. The lowest BCUT2D eigenvalue weighted by molar-refractivity contribution is 0.299. The molecule has 1 aromatic heterocycles. The van der Waals surface area contributed by atoms with Gasteiger partial charge in [0.05, 0.1) is 15.7 Å². The Kier molecular flexibility index (Phi) is 18.5. The maximum absolute atomic E-state index is 14.6. The second-order valence-electron chi connectivity index (χ2n) is 25.2. The Morgan fingerprint density at radius 1 is 0.471 bits per heavy atom. The van der Waals surface area contributed by atoms with Gasteiger partial charge in [0.1, 0.15) is 0 Å². The Labute approximate surface area is 505 Å². The minimum absolute atomic E-state index is 0.0976. The minimum Gasteiger partial charge on any atom is -0.481 e. The fourth-order valence-corrected chi connectivity index (χ4v) is 15.5. The van der Waals surface area contributed by atoms with Crippen LogP contribution in [0.15, 0.2) is 149 Å². The van der Waals surface area contributed by atoms with Crippen LogP contribution in [0.1, 0.15) is 217 Å². The summed E-state index contributed by atoms with van der Waals surface area (Å²) in [6, 6.07) is 42.7. The lowest BCUT2D eigenvalue weighted by Crippen LogP contribution is -2.65. The molecule has 3 aliphatic rings. The molecule has 0 saturated heterocycles. The first-order valence-corrected chi connectivity index (χ1v) is 33.2. The number of aliphatic hydroxyl groups is 2. The highest BCUT2D eigenvalue weighted by Crippen LogP contribution is 2.57. The van der Waals surface area contributed by atoms with Crippen molar-refractivity contribution >= 4 is 56.4 Å². The van der Waals surface area contributed by atoms with E-state index >= 15 is 0 Å². The number of benzene rings is 6. The van der Waals surface area contributed by atoms with E-state index in [1.54, 1.807) is 12.1 Å². The van der Waals surface area contributed by atoms with Gasteiger partial charge in [0, 0.05) is 75.8 Å². The van der Waals surface area contributed by atoms with Gasteiger partial charge in [-0.15, -0.1) is 0 Å². The van der Waals surface area contributed by atoms with E-state index < -0.39 is 5.95 Å². The lowest BCUT2D eigenvalue weighted by Gasteiger charge is -2.33. The minimum atomic E-state index is -0.731. The van der Waals surface area contributed by atoms with Gasteiger partial charge in [-0.3, -0.25) is 9.59 Å². The van der Waals surface area contributed by atoms with E-state index in [-0.39, 0.29) is 32.1 Å². The van der Waals surface area contributed by atoms with E-state index in [1.807, 2.05) is 36.4 Å². The van der Waals surface area contributed by atoms with E-state index in [4.69, 9.17) is 0 Å². The maximum atomic E-state index is 14.6. The zero-order valence-corrected chi connectivity index (χ0v) is 51.6.